The molecular formula is C22H23N3O2. The second-order valence-electron chi connectivity index (χ2n) is 7.91. The van der Waals surface area contributed by atoms with Gasteiger partial charge in [0.25, 0.3) is 0 Å². The Morgan fingerprint density at radius 3 is 2.67 bits per heavy atom. The number of rotatable bonds is 2. The number of anilines is 1. The summed E-state index contributed by atoms with van der Waals surface area (Å²) in [5.74, 6) is -0.145. The third-order valence-corrected chi connectivity index (χ3v) is 6.10. The van der Waals surface area contributed by atoms with Crippen LogP contribution in [-0.2, 0) is 16.0 Å². The van der Waals surface area contributed by atoms with Crippen molar-refractivity contribution in [3.8, 4) is 11.1 Å². The molecule has 27 heavy (non-hydrogen) atoms. The van der Waals surface area contributed by atoms with Gasteiger partial charge >= 0.3 is 0 Å². The van der Waals surface area contributed by atoms with Crippen LogP contribution in [0.2, 0.25) is 0 Å². The molecule has 2 aromatic rings. The maximum atomic E-state index is 12.7. The third kappa shape index (κ3) is 2.73. The van der Waals surface area contributed by atoms with Crippen molar-refractivity contribution >= 4 is 17.5 Å². The summed E-state index contributed by atoms with van der Waals surface area (Å²) in [7, 11) is 0. The van der Waals surface area contributed by atoms with Crippen molar-refractivity contribution in [3.05, 3.63) is 53.6 Å². The molecule has 0 radical (unpaired) electrons. The third-order valence-electron chi connectivity index (χ3n) is 6.10. The van der Waals surface area contributed by atoms with Gasteiger partial charge < -0.3 is 15.5 Å². The van der Waals surface area contributed by atoms with E-state index in [2.05, 4.69) is 36.4 Å². The molecule has 2 atom stereocenters. The summed E-state index contributed by atoms with van der Waals surface area (Å²) in [5.41, 5.74) is 11.9. The van der Waals surface area contributed by atoms with E-state index in [1.54, 1.807) is 4.90 Å². The maximum Gasteiger partial charge on any atom is 0.228 e. The minimum absolute atomic E-state index is 0.0345. The molecule has 0 spiro atoms. The van der Waals surface area contributed by atoms with Crippen molar-refractivity contribution < 1.29 is 9.59 Å². The van der Waals surface area contributed by atoms with Gasteiger partial charge in [-0.05, 0) is 47.2 Å². The van der Waals surface area contributed by atoms with E-state index >= 15 is 0 Å². The van der Waals surface area contributed by atoms with Crippen LogP contribution in [0.25, 0.3) is 11.1 Å². The highest BCUT2D eigenvalue weighted by atomic mass is 16.2. The van der Waals surface area contributed by atoms with Crippen LogP contribution in [0.5, 0.6) is 0 Å². The Kier molecular flexibility index (Phi) is 3.79. The van der Waals surface area contributed by atoms with Gasteiger partial charge in [0.2, 0.25) is 11.8 Å². The first-order valence-electron chi connectivity index (χ1n) is 9.66. The van der Waals surface area contributed by atoms with E-state index in [-0.39, 0.29) is 23.8 Å². The highest BCUT2D eigenvalue weighted by Crippen LogP contribution is 2.39. The fourth-order valence-electron chi connectivity index (χ4n) is 4.67. The number of hydrogen-bond donors (Lipinski definition) is 1. The van der Waals surface area contributed by atoms with Gasteiger partial charge in [0.1, 0.15) is 0 Å². The summed E-state index contributed by atoms with van der Waals surface area (Å²) in [6, 6.07) is 14.7. The van der Waals surface area contributed by atoms with Gasteiger partial charge in [-0.25, -0.2) is 0 Å². The molecule has 2 N–H and O–H groups in total. The topological polar surface area (TPSA) is 66.6 Å². The molecule has 5 nitrogen and oxygen atoms in total. The summed E-state index contributed by atoms with van der Waals surface area (Å²) in [5, 5.41) is 0. The SMILES string of the molecule is N[C@@H]1CCN(C(=O)C2CC(=O)N(c3ccc4c(c3)Cc3ccccc3-4)C2)C1. The molecule has 0 aromatic heterocycles. The van der Waals surface area contributed by atoms with Crippen LogP contribution in [-0.4, -0.2) is 42.4 Å². The first kappa shape index (κ1) is 16.5. The molecule has 0 bridgehead atoms. The van der Waals surface area contributed by atoms with Gasteiger partial charge in [-0.1, -0.05) is 30.3 Å². The number of fused-ring (bicyclic) bond motifs is 3. The molecule has 2 saturated heterocycles. The Bertz CT molecular complexity index is 939. The molecule has 2 fully saturated rings. The van der Waals surface area contributed by atoms with Gasteiger partial charge in [0.15, 0.2) is 0 Å². The van der Waals surface area contributed by atoms with Gasteiger partial charge in [-0.3, -0.25) is 9.59 Å². The lowest BCUT2D eigenvalue weighted by molar-refractivity contribution is -0.134. The number of nitrogens with zero attached hydrogens (tertiary/aromatic N) is 2. The van der Waals surface area contributed by atoms with Gasteiger partial charge in [0, 0.05) is 37.8 Å². The molecule has 2 heterocycles. The van der Waals surface area contributed by atoms with E-state index in [1.807, 2.05) is 11.0 Å². The van der Waals surface area contributed by atoms with Crippen molar-refractivity contribution in [2.75, 3.05) is 24.5 Å². The Morgan fingerprint density at radius 1 is 1.04 bits per heavy atom. The van der Waals surface area contributed by atoms with Gasteiger partial charge in [-0.15, -0.1) is 0 Å². The largest absolute Gasteiger partial charge is 0.341 e. The number of nitrogens with two attached hydrogens (primary N) is 1. The highest BCUT2D eigenvalue weighted by Gasteiger charge is 2.39. The van der Waals surface area contributed by atoms with Crippen molar-refractivity contribution in [2.24, 2.45) is 11.7 Å². The van der Waals surface area contributed by atoms with Crippen molar-refractivity contribution in [1.82, 2.24) is 4.90 Å². The van der Waals surface area contributed by atoms with Crippen LogP contribution in [0.1, 0.15) is 24.0 Å². The minimum Gasteiger partial charge on any atom is -0.341 e. The standard InChI is InChI=1S/C22H23N3O2/c23-17-7-8-24(13-17)22(27)16-11-21(26)25(12-16)18-5-6-20-15(10-18)9-14-3-1-2-4-19(14)20/h1-6,10,16-17H,7-9,11-13,23H2/t16?,17-/m1/s1. The Morgan fingerprint density at radius 2 is 1.85 bits per heavy atom. The van der Waals surface area contributed by atoms with E-state index in [0.717, 1.165) is 18.5 Å². The lowest BCUT2D eigenvalue weighted by atomic mass is 10.1. The number of carbonyl (C=O) groups is 2. The number of benzene rings is 2. The highest BCUT2D eigenvalue weighted by molar-refractivity contribution is 6.00. The zero-order chi connectivity index (χ0) is 18.5. The summed E-state index contributed by atoms with van der Waals surface area (Å²) >= 11 is 0. The number of amides is 2. The molecule has 1 aliphatic carbocycles. The summed E-state index contributed by atoms with van der Waals surface area (Å²) in [4.78, 5) is 29.0. The van der Waals surface area contributed by atoms with E-state index < -0.39 is 0 Å². The monoisotopic (exact) mass is 361 g/mol. The summed E-state index contributed by atoms with van der Waals surface area (Å²) in [6.45, 7) is 1.79. The molecule has 2 aromatic carbocycles. The van der Waals surface area contributed by atoms with Crippen molar-refractivity contribution in [1.29, 1.82) is 0 Å². The molecule has 5 rings (SSSR count). The van der Waals surface area contributed by atoms with Crippen LogP contribution in [0.3, 0.4) is 0 Å². The zero-order valence-corrected chi connectivity index (χ0v) is 15.2. The first-order valence-corrected chi connectivity index (χ1v) is 9.66. The fourth-order valence-corrected chi connectivity index (χ4v) is 4.67. The molecule has 2 aliphatic heterocycles. The van der Waals surface area contributed by atoms with Gasteiger partial charge in [0.05, 0.1) is 5.92 Å². The Hall–Kier alpha value is -2.66. The van der Waals surface area contributed by atoms with Crippen LogP contribution in [0, 0.1) is 5.92 Å². The van der Waals surface area contributed by atoms with E-state index in [0.29, 0.717) is 26.1 Å². The maximum absolute atomic E-state index is 12.7. The predicted octanol–water partition coefficient (Wildman–Crippen LogP) is 2.17. The number of hydrogen-bond acceptors (Lipinski definition) is 3. The average molecular weight is 361 g/mol. The first-order chi connectivity index (χ1) is 13.1. The smallest absolute Gasteiger partial charge is 0.228 e. The lowest BCUT2D eigenvalue weighted by Gasteiger charge is -2.21. The van der Waals surface area contributed by atoms with Crippen LogP contribution < -0.4 is 10.6 Å². The van der Waals surface area contributed by atoms with Crippen LogP contribution in [0.15, 0.2) is 42.5 Å². The molecule has 3 aliphatic rings. The number of carbonyl (C=O) groups excluding carboxylic acids is 2. The molecule has 0 saturated carbocycles. The summed E-state index contributed by atoms with van der Waals surface area (Å²) < 4.78 is 0. The van der Waals surface area contributed by atoms with Crippen molar-refractivity contribution in [3.63, 3.8) is 0 Å². The lowest BCUT2D eigenvalue weighted by Crippen LogP contribution is -2.37. The molecular weight excluding hydrogens is 338 g/mol. The molecule has 1 unspecified atom stereocenters. The Balaban J connectivity index is 1.36. The molecule has 138 valence electrons. The van der Waals surface area contributed by atoms with E-state index in [4.69, 9.17) is 5.73 Å². The average Bonchev–Trinajstić information content (AvgIpc) is 3.37. The molecule has 5 heteroatoms. The van der Waals surface area contributed by atoms with E-state index in [1.165, 1.54) is 22.3 Å². The van der Waals surface area contributed by atoms with Crippen LogP contribution in [0.4, 0.5) is 5.69 Å². The fraction of sp³-hybridized carbons (Fsp3) is 0.364. The zero-order valence-electron chi connectivity index (χ0n) is 15.2. The number of likely N-dealkylation sites (tertiary alicyclic amines) is 1. The normalized spacial score (nSPS) is 23.7. The second-order valence-corrected chi connectivity index (χ2v) is 7.91. The second kappa shape index (κ2) is 6.20. The predicted molar refractivity (Wildman–Crippen MR) is 104 cm³/mol. The van der Waals surface area contributed by atoms with Gasteiger partial charge in [-0.2, -0.15) is 0 Å². The quantitative estimate of drug-likeness (QED) is 0.761. The minimum atomic E-state index is -0.256. The Labute approximate surface area is 158 Å². The van der Waals surface area contributed by atoms with Crippen molar-refractivity contribution in [2.45, 2.75) is 25.3 Å². The summed E-state index contributed by atoms with van der Waals surface area (Å²) in [6.07, 6.45) is 2.04. The van der Waals surface area contributed by atoms with Crippen LogP contribution >= 0.6 is 0 Å². The van der Waals surface area contributed by atoms with E-state index in [9.17, 15) is 9.59 Å². The molecule has 2 amide bonds.